The van der Waals surface area contributed by atoms with Crippen LogP contribution in [0.1, 0.15) is 33.6 Å². The largest absolute Gasteiger partial charge is 0.317 e. The van der Waals surface area contributed by atoms with Gasteiger partial charge in [0.05, 0.1) is 11.0 Å². The van der Waals surface area contributed by atoms with E-state index >= 15 is 0 Å². The highest BCUT2D eigenvalue weighted by atomic mass is 35.5. The summed E-state index contributed by atoms with van der Waals surface area (Å²) >= 11 is 7.94. The van der Waals surface area contributed by atoms with Crippen LogP contribution in [0.4, 0.5) is 0 Å². The quantitative estimate of drug-likeness (QED) is 0.672. The van der Waals surface area contributed by atoms with Gasteiger partial charge >= 0.3 is 0 Å². The van der Waals surface area contributed by atoms with Crippen LogP contribution in [0.2, 0.25) is 5.02 Å². The van der Waals surface area contributed by atoms with Crippen LogP contribution < -0.4 is 0 Å². The van der Waals surface area contributed by atoms with Crippen molar-refractivity contribution in [3.63, 3.8) is 0 Å². The Hall–Kier alpha value is -0.750. The zero-order valence-electron chi connectivity index (χ0n) is 14.8. The molecule has 1 atom stereocenters. The maximum absolute atomic E-state index is 6.14. The standard InChI is InChI=1S/C18H27ClN4S/c1-4-21(5-2)10-6-7-14(3)23-12-11-22-17-13-15(19)8-9-16(17)20-18(22)24-23/h8-9,13-14H,4-7,10-12H2,1-3H3. The van der Waals surface area contributed by atoms with Crippen molar-refractivity contribution in [1.82, 2.24) is 18.8 Å². The second kappa shape index (κ2) is 8.09. The summed E-state index contributed by atoms with van der Waals surface area (Å²) in [4.78, 5) is 7.28. The number of fused-ring (bicyclic) bond motifs is 3. The summed E-state index contributed by atoms with van der Waals surface area (Å²) in [6.07, 6.45) is 2.49. The molecular formula is C18H27ClN4S. The normalized spacial score (nSPS) is 16.7. The van der Waals surface area contributed by atoms with Crippen LogP contribution in [0.15, 0.2) is 23.4 Å². The van der Waals surface area contributed by atoms with Gasteiger partial charge in [-0.1, -0.05) is 25.4 Å². The van der Waals surface area contributed by atoms with Crippen LogP contribution in [0.25, 0.3) is 11.0 Å². The molecule has 0 aliphatic carbocycles. The first kappa shape index (κ1) is 18.1. The fourth-order valence-electron chi connectivity index (χ4n) is 3.31. The predicted octanol–water partition coefficient (Wildman–Crippen LogP) is 4.52. The lowest BCUT2D eigenvalue weighted by Crippen LogP contribution is -2.34. The molecule has 1 aromatic heterocycles. The van der Waals surface area contributed by atoms with E-state index in [9.17, 15) is 0 Å². The Labute approximate surface area is 154 Å². The molecule has 0 radical (unpaired) electrons. The molecule has 1 unspecified atom stereocenters. The van der Waals surface area contributed by atoms with Crippen molar-refractivity contribution in [3.05, 3.63) is 23.2 Å². The fourth-order valence-corrected chi connectivity index (χ4v) is 4.57. The van der Waals surface area contributed by atoms with Crippen LogP contribution in [-0.4, -0.2) is 51.0 Å². The summed E-state index contributed by atoms with van der Waals surface area (Å²) < 4.78 is 4.79. The van der Waals surface area contributed by atoms with Gasteiger partial charge in [0.15, 0.2) is 5.16 Å². The number of benzene rings is 1. The number of halogens is 1. The molecule has 6 heteroatoms. The average Bonchev–Trinajstić information content (AvgIpc) is 2.95. The van der Waals surface area contributed by atoms with E-state index in [1.54, 1.807) is 11.9 Å². The fraction of sp³-hybridized carbons (Fsp3) is 0.611. The molecular weight excluding hydrogens is 340 g/mol. The van der Waals surface area contributed by atoms with Crippen LogP contribution in [0, 0.1) is 0 Å². The second-order valence-electron chi connectivity index (χ2n) is 6.43. The molecule has 3 rings (SSSR count). The first-order chi connectivity index (χ1) is 11.6. The Morgan fingerprint density at radius 1 is 1.29 bits per heavy atom. The van der Waals surface area contributed by atoms with E-state index in [0.29, 0.717) is 6.04 Å². The summed E-state index contributed by atoms with van der Waals surface area (Å²) in [6.45, 7) is 12.4. The third-order valence-electron chi connectivity index (χ3n) is 4.90. The topological polar surface area (TPSA) is 24.3 Å². The minimum atomic E-state index is 0.572. The lowest BCUT2D eigenvalue weighted by molar-refractivity contribution is 0.269. The summed E-state index contributed by atoms with van der Waals surface area (Å²) in [5.41, 5.74) is 2.19. The van der Waals surface area contributed by atoms with Crippen molar-refractivity contribution in [1.29, 1.82) is 0 Å². The highest BCUT2D eigenvalue weighted by Crippen LogP contribution is 2.33. The smallest absolute Gasteiger partial charge is 0.184 e. The van der Waals surface area contributed by atoms with Crippen molar-refractivity contribution in [2.75, 3.05) is 26.2 Å². The third-order valence-corrected chi connectivity index (χ3v) is 6.39. The molecule has 4 nitrogen and oxygen atoms in total. The zero-order valence-corrected chi connectivity index (χ0v) is 16.4. The minimum absolute atomic E-state index is 0.572. The number of hydrogen-bond acceptors (Lipinski definition) is 4. The summed E-state index contributed by atoms with van der Waals surface area (Å²) in [5.74, 6) is 0. The number of hydrogen-bond donors (Lipinski definition) is 0. The van der Waals surface area contributed by atoms with Gasteiger partial charge in [-0.15, -0.1) is 0 Å². The van der Waals surface area contributed by atoms with Crippen LogP contribution in [0.3, 0.4) is 0 Å². The Bertz CT molecular complexity index is 683. The summed E-state index contributed by atoms with van der Waals surface area (Å²) in [5, 5.41) is 1.87. The molecule has 2 heterocycles. The van der Waals surface area contributed by atoms with Gasteiger partial charge in [0.25, 0.3) is 0 Å². The van der Waals surface area contributed by atoms with Gasteiger partial charge in [-0.25, -0.2) is 9.29 Å². The molecule has 0 saturated carbocycles. The van der Waals surface area contributed by atoms with Crippen molar-refractivity contribution in [2.24, 2.45) is 0 Å². The minimum Gasteiger partial charge on any atom is -0.317 e. The SMILES string of the molecule is CCN(CC)CCCC(C)N1CCn2c(nc3ccc(Cl)cc32)S1. The van der Waals surface area contributed by atoms with Gasteiger partial charge in [0.1, 0.15) is 0 Å². The highest BCUT2D eigenvalue weighted by molar-refractivity contribution is 7.96. The number of nitrogens with zero attached hydrogens (tertiary/aromatic N) is 4. The van der Waals surface area contributed by atoms with E-state index in [4.69, 9.17) is 16.6 Å². The third kappa shape index (κ3) is 3.90. The van der Waals surface area contributed by atoms with Gasteiger partial charge < -0.3 is 9.47 Å². The Balaban J connectivity index is 1.61. The van der Waals surface area contributed by atoms with E-state index in [2.05, 4.69) is 34.5 Å². The Morgan fingerprint density at radius 2 is 2.08 bits per heavy atom. The van der Waals surface area contributed by atoms with E-state index in [1.165, 1.54) is 19.4 Å². The molecule has 1 aliphatic heterocycles. The molecule has 24 heavy (non-hydrogen) atoms. The van der Waals surface area contributed by atoms with Crippen LogP contribution >= 0.6 is 23.5 Å². The number of rotatable bonds is 7. The molecule has 132 valence electrons. The number of imidazole rings is 1. The Morgan fingerprint density at radius 3 is 2.83 bits per heavy atom. The first-order valence-corrected chi connectivity index (χ1v) is 10.1. The molecule has 0 fully saturated rings. The summed E-state index contributed by atoms with van der Waals surface area (Å²) in [7, 11) is 0. The van der Waals surface area contributed by atoms with Crippen molar-refractivity contribution >= 4 is 34.6 Å². The van der Waals surface area contributed by atoms with E-state index in [1.807, 2.05) is 18.2 Å². The van der Waals surface area contributed by atoms with Gasteiger partial charge in [-0.2, -0.15) is 0 Å². The van der Waals surface area contributed by atoms with Crippen molar-refractivity contribution in [2.45, 2.75) is 51.4 Å². The van der Waals surface area contributed by atoms with Crippen molar-refractivity contribution in [3.8, 4) is 0 Å². The predicted molar refractivity (Wildman–Crippen MR) is 104 cm³/mol. The van der Waals surface area contributed by atoms with Crippen LogP contribution in [0.5, 0.6) is 0 Å². The lowest BCUT2D eigenvalue weighted by atomic mass is 10.1. The lowest BCUT2D eigenvalue weighted by Gasteiger charge is -2.32. The molecule has 0 bridgehead atoms. The molecule has 0 N–H and O–H groups in total. The van der Waals surface area contributed by atoms with E-state index in [0.717, 1.165) is 47.4 Å². The molecule has 1 aliphatic rings. The molecule has 1 aromatic carbocycles. The number of aromatic nitrogens is 2. The van der Waals surface area contributed by atoms with Gasteiger partial charge in [0.2, 0.25) is 0 Å². The second-order valence-corrected chi connectivity index (χ2v) is 7.88. The van der Waals surface area contributed by atoms with Gasteiger partial charge in [-0.3, -0.25) is 0 Å². The Kier molecular flexibility index (Phi) is 6.08. The molecule has 0 saturated heterocycles. The zero-order chi connectivity index (χ0) is 17.1. The van der Waals surface area contributed by atoms with Gasteiger partial charge in [0, 0.05) is 24.2 Å². The monoisotopic (exact) mass is 366 g/mol. The first-order valence-electron chi connectivity index (χ1n) is 8.95. The van der Waals surface area contributed by atoms with Crippen LogP contribution in [-0.2, 0) is 6.54 Å². The maximum Gasteiger partial charge on any atom is 0.184 e. The summed E-state index contributed by atoms with van der Waals surface area (Å²) in [6, 6.07) is 6.53. The average molecular weight is 367 g/mol. The molecule has 2 aromatic rings. The molecule has 0 spiro atoms. The van der Waals surface area contributed by atoms with Gasteiger partial charge in [-0.05, 0) is 69.5 Å². The van der Waals surface area contributed by atoms with E-state index in [-0.39, 0.29) is 0 Å². The maximum atomic E-state index is 6.14. The highest BCUT2D eigenvalue weighted by Gasteiger charge is 2.24. The van der Waals surface area contributed by atoms with Crippen molar-refractivity contribution < 1.29 is 0 Å². The molecule has 0 amide bonds. The van der Waals surface area contributed by atoms with E-state index < -0.39 is 0 Å².